The highest BCUT2D eigenvalue weighted by atomic mass is 32.1. The monoisotopic (exact) mass is 257 g/mol. The van der Waals surface area contributed by atoms with Gasteiger partial charge < -0.3 is 21.0 Å². The highest BCUT2D eigenvalue weighted by molar-refractivity contribution is 7.12. The number of amides is 1. The van der Waals surface area contributed by atoms with Gasteiger partial charge in [0.2, 0.25) is 0 Å². The third-order valence-corrected chi connectivity index (χ3v) is 3.13. The van der Waals surface area contributed by atoms with Crippen LogP contribution in [0.2, 0.25) is 0 Å². The van der Waals surface area contributed by atoms with E-state index in [1.54, 1.807) is 25.5 Å². The largest absolute Gasteiger partial charge is 0.496 e. The van der Waals surface area contributed by atoms with E-state index in [1.807, 2.05) is 0 Å². The number of carbonyl (C=O) groups excluding carboxylic acids is 1. The van der Waals surface area contributed by atoms with E-state index in [1.165, 1.54) is 11.3 Å². The molecule has 0 radical (unpaired) electrons. The summed E-state index contributed by atoms with van der Waals surface area (Å²) in [6.07, 6.45) is 0. The van der Waals surface area contributed by atoms with Gasteiger partial charge in [-0.15, -0.1) is 11.3 Å². The second-order valence-corrected chi connectivity index (χ2v) is 4.40. The van der Waals surface area contributed by atoms with Crippen LogP contribution in [-0.2, 0) is 0 Å². The van der Waals surface area contributed by atoms with Gasteiger partial charge in [-0.1, -0.05) is 12.1 Å². The summed E-state index contributed by atoms with van der Waals surface area (Å²) in [6, 6.07) is 1.66. The number of methoxy groups -OCH3 is 1. The maximum absolute atomic E-state index is 11.7. The zero-order valence-electron chi connectivity index (χ0n) is 9.64. The predicted octanol–water partition coefficient (Wildman–Crippen LogP) is 0.869. The Kier molecular flexibility index (Phi) is 4.77. The Hall–Kier alpha value is -1.76. The Bertz CT molecular complexity index is 417. The quantitative estimate of drug-likeness (QED) is 0.315. The van der Waals surface area contributed by atoms with E-state index >= 15 is 0 Å². The molecule has 0 fully saturated rings. The van der Waals surface area contributed by atoms with Gasteiger partial charge in [0.25, 0.3) is 5.91 Å². The smallest absolute Gasteiger partial charge is 0.261 e. The molecule has 1 unspecified atom stereocenters. The molecule has 6 nitrogen and oxygen atoms in total. The molecule has 1 rings (SSSR count). The molecule has 17 heavy (non-hydrogen) atoms. The molecule has 0 saturated carbocycles. The number of hydrogen-bond donors (Lipinski definition) is 3. The third-order valence-electron chi connectivity index (χ3n) is 2.22. The van der Waals surface area contributed by atoms with Crippen LogP contribution in [0.3, 0.4) is 0 Å². The summed E-state index contributed by atoms with van der Waals surface area (Å²) < 4.78 is 4.98. The summed E-state index contributed by atoms with van der Waals surface area (Å²) >= 11 is 1.30. The van der Waals surface area contributed by atoms with E-state index in [4.69, 9.17) is 15.7 Å². The number of thiophene rings is 1. The number of nitrogens with two attached hydrogens (primary N) is 1. The van der Waals surface area contributed by atoms with Gasteiger partial charge in [-0.05, 0) is 0 Å². The molecule has 0 aliphatic carbocycles. The number of rotatable bonds is 5. The van der Waals surface area contributed by atoms with Crippen molar-refractivity contribution in [2.24, 2.45) is 16.8 Å². The van der Waals surface area contributed by atoms with Crippen molar-refractivity contribution in [1.29, 1.82) is 0 Å². The second-order valence-electron chi connectivity index (χ2n) is 3.49. The fourth-order valence-electron chi connectivity index (χ4n) is 1.08. The summed E-state index contributed by atoms with van der Waals surface area (Å²) in [5, 5.41) is 15.8. The molecule has 0 spiro atoms. The summed E-state index contributed by atoms with van der Waals surface area (Å²) in [6.45, 7) is 2.07. The van der Waals surface area contributed by atoms with Crippen molar-refractivity contribution in [3.63, 3.8) is 0 Å². The van der Waals surface area contributed by atoms with Crippen molar-refractivity contribution >= 4 is 23.1 Å². The summed E-state index contributed by atoms with van der Waals surface area (Å²) in [7, 11) is 1.55. The second kappa shape index (κ2) is 6.09. The maximum atomic E-state index is 11.7. The summed E-state index contributed by atoms with van der Waals surface area (Å²) in [5.74, 6) is 0.334. The normalized spacial score (nSPS) is 13.2. The molecule has 4 N–H and O–H groups in total. The highest BCUT2D eigenvalue weighted by Crippen LogP contribution is 2.20. The van der Waals surface area contributed by atoms with Crippen LogP contribution in [0.1, 0.15) is 16.6 Å². The van der Waals surface area contributed by atoms with Crippen LogP contribution in [0.15, 0.2) is 16.6 Å². The number of hydrogen-bond acceptors (Lipinski definition) is 5. The number of amidine groups is 1. The molecular weight excluding hydrogens is 242 g/mol. The lowest BCUT2D eigenvalue weighted by Crippen LogP contribution is -2.34. The summed E-state index contributed by atoms with van der Waals surface area (Å²) in [5.41, 5.74) is 5.40. The minimum absolute atomic E-state index is 0.0917. The van der Waals surface area contributed by atoms with Crippen molar-refractivity contribution in [1.82, 2.24) is 5.32 Å². The minimum Gasteiger partial charge on any atom is -0.496 e. The van der Waals surface area contributed by atoms with E-state index in [0.717, 1.165) is 0 Å². The van der Waals surface area contributed by atoms with E-state index in [-0.39, 0.29) is 17.7 Å². The molecule has 7 heteroatoms. The van der Waals surface area contributed by atoms with Gasteiger partial charge in [0.1, 0.15) is 11.6 Å². The minimum atomic E-state index is -0.217. The standard InChI is InChI=1S/C10H15N3O3S/c1-6(9(11)13-15)4-12-10(14)8-3-7(16-2)5-17-8/h3,5-6,15H,4H2,1-2H3,(H2,11,13)(H,12,14). The highest BCUT2D eigenvalue weighted by Gasteiger charge is 2.12. The first-order chi connectivity index (χ1) is 8.08. The number of ether oxygens (including phenoxy) is 1. The van der Waals surface area contributed by atoms with Crippen molar-refractivity contribution in [3.05, 3.63) is 16.3 Å². The van der Waals surface area contributed by atoms with Crippen molar-refractivity contribution in [3.8, 4) is 5.75 Å². The third kappa shape index (κ3) is 3.63. The van der Waals surface area contributed by atoms with E-state index < -0.39 is 0 Å². The first-order valence-corrected chi connectivity index (χ1v) is 5.84. The molecule has 1 aromatic heterocycles. The molecule has 0 aliphatic heterocycles. The van der Waals surface area contributed by atoms with Gasteiger partial charge >= 0.3 is 0 Å². The number of oxime groups is 1. The fraction of sp³-hybridized carbons (Fsp3) is 0.400. The average molecular weight is 257 g/mol. The van der Waals surface area contributed by atoms with Crippen LogP contribution in [0.5, 0.6) is 5.75 Å². The van der Waals surface area contributed by atoms with Crippen LogP contribution in [-0.4, -0.2) is 30.6 Å². The van der Waals surface area contributed by atoms with Gasteiger partial charge in [-0.2, -0.15) is 0 Å². The molecule has 0 aromatic carbocycles. The molecule has 1 aromatic rings. The molecule has 1 amide bonds. The van der Waals surface area contributed by atoms with Gasteiger partial charge in [-0.3, -0.25) is 4.79 Å². The molecule has 94 valence electrons. The van der Waals surface area contributed by atoms with Crippen LogP contribution >= 0.6 is 11.3 Å². The van der Waals surface area contributed by atoms with Crippen LogP contribution in [0.4, 0.5) is 0 Å². The Labute approximate surface area is 103 Å². The van der Waals surface area contributed by atoms with Crippen LogP contribution < -0.4 is 15.8 Å². The first kappa shape index (κ1) is 13.3. The molecule has 0 saturated heterocycles. The SMILES string of the molecule is COc1csc(C(=O)NCC(C)C(N)=NO)c1. The lowest BCUT2D eigenvalue weighted by atomic mass is 10.1. The van der Waals surface area contributed by atoms with Crippen molar-refractivity contribution in [2.75, 3.05) is 13.7 Å². The van der Waals surface area contributed by atoms with E-state index in [0.29, 0.717) is 17.2 Å². The first-order valence-electron chi connectivity index (χ1n) is 4.96. The lowest BCUT2D eigenvalue weighted by Gasteiger charge is -2.09. The Morgan fingerprint density at radius 1 is 1.76 bits per heavy atom. The average Bonchev–Trinajstić information content (AvgIpc) is 2.83. The van der Waals surface area contributed by atoms with Gasteiger partial charge in [0.05, 0.1) is 12.0 Å². The Morgan fingerprint density at radius 2 is 2.47 bits per heavy atom. The van der Waals surface area contributed by atoms with Crippen LogP contribution in [0.25, 0.3) is 0 Å². The maximum Gasteiger partial charge on any atom is 0.261 e. The fourth-order valence-corrected chi connectivity index (χ4v) is 1.85. The van der Waals surface area contributed by atoms with Crippen LogP contribution in [0, 0.1) is 5.92 Å². The van der Waals surface area contributed by atoms with E-state index in [9.17, 15) is 4.79 Å². The van der Waals surface area contributed by atoms with Gasteiger partial charge in [-0.25, -0.2) is 0 Å². The Balaban J connectivity index is 2.50. The molecule has 1 atom stereocenters. The molecule has 0 bridgehead atoms. The van der Waals surface area contributed by atoms with Crippen molar-refractivity contribution < 1.29 is 14.7 Å². The zero-order valence-corrected chi connectivity index (χ0v) is 10.5. The summed E-state index contributed by atoms with van der Waals surface area (Å²) in [4.78, 5) is 12.3. The van der Waals surface area contributed by atoms with Gasteiger partial charge in [0.15, 0.2) is 0 Å². The molecule has 1 heterocycles. The lowest BCUT2D eigenvalue weighted by molar-refractivity contribution is 0.0955. The van der Waals surface area contributed by atoms with Gasteiger partial charge in [0, 0.05) is 23.9 Å². The predicted molar refractivity (Wildman–Crippen MR) is 65.8 cm³/mol. The Morgan fingerprint density at radius 3 is 3.00 bits per heavy atom. The van der Waals surface area contributed by atoms with E-state index in [2.05, 4.69) is 10.5 Å². The molecule has 0 aliphatic rings. The number of nitrogens with one attached hydrogen (secondary N) is 1. The molecular formula is C10H15N3O3S. The topological polar surface area (TPSA) is 96.9 Å². The number of nitrogens with zero attached hydrogens (tertiary/aromatic N) is 1. The van der Waals surface area contributed by atoms with Crippen molar-refractivity contribution in [2.45, 2.75) is 6.92 Å². The zero-order chi connectivity index (χ0) is 12.8. The number of carbonyl (C=O) groups is 1.